The number of hydrogen-bond donors (Lipinski definition) is 0. The molecular formula is C44H48F4N2O14S3-2. The van der Waals surface area contributed by atoms with E-state index in [9.17, 15) is 61.3 Å². The molecule has 2 aromatic rings. The molecule has 1 unspecified atom stereocenters. The third-order valence-electron chi connectivity index (χ3n) is 11.1. The summed E-state index contributed by atoms with van der Waals surface area (Å²) in [6.07, 6.45) is 3.49. The van der Waals surface area contributed by atoms with Crippen LogP contribution in [0.25, 0.3) is 17.4 Å². The van der Waals surface area contributed by atoms with Gasteiger partial charge in [-0.05, 0) is 85.2 Å². The maximum Gasteiger partial charge on any atom is 0.311 e. The summed E-state index contributed by atoms with van der Waals surface area (Å²) < 4.78 is 187. The number of rotatable bonds is 19. The second-order valence-electron chi connectivity index (χ2n) is 16.8. The largest absolute Gasteiger partial charge is 0.748 e. The van der Waals surface area contributed by atoms with E-state index in [4.69, 9.17) is 13.9 Å². The molecule has 67 heavy (non-hydrogen) atoms. The quantitative estimate of drug-likeness (QED) is 0.0282. The van der Waals surface area contributed by atoms with E-state index < -0.39 is 92.7 Å². The molecule has 0 aromatic heterocycles. The van der Waals surface area contributed by atoms with Gasteiger partial charge in [0.2, 0.25) is 22.7 Å². The van der Waals surface area contributed by atoms with Crippen LogP contribution in [0.5, 0.6) is 5.75 Å². The Morgan fingerprint density at radius 3 is 2.03 bits per heavy atom. The van der Waals surface area contributed by atoms with E-state index in [1.807, 2.05) is 45.0 Å². The number of halogens is 4. The van der Waals surface area contributed by atoms with Crippen LogP contribution in [-0.4, -0.2) is 97.7 Å². The second-order valence-corrected chi connectivity index (χ2v) is 21.0. The summed E-state index contributed by atoms with van der Waals surface area (Å²) in [6.45, 7) is 9.60. The fraction of sp³-hybridized carbons (Fsp3) is 0.409. The predicted octanol–water partition coefficient (Wildman–Crippen LogP) is 5.50. The van der Waals surface area contributed by atoms with Crippen molar-refractivity contribution in [3.8, 4) is 17.1 Å². The van der Waals surface area contributed by atoms with Gasteiger partial charge in [0, 0.05) is 61.4 Å². The van der Waals surface area contributed by atoms with Gasteiger partial charge >= 0.3 is 5.97 Å². The molecule has 0 fully saturated rings. The topological polar surface area (TPSA) is 236 Å². The molecular weight excluding hydrogens is 953 g/mol. The first-order valence-corrected chi connectivity index (χ1v) is 24.9. The minimum atomic E-state index is -6.05. The molecule has 3 aliphatic rings. The summed E-state index contributed by atoms with van der Waals surface area (Å²) >= 11 is 0. The molecule has 0 radical (unpaired) electrons. The Labute approximate surface area is 385 Å². The third-order valence-corrected chi connectivity index (χ3v) is 13.5. The fourth-order valence-electron chi connectivity index (χ4n) is 7.84. The average Bonchev–Trinajstić information content (AvgIpc) is 3.45. The fourth-order valence-corrected chi connectivity index (χ4v) is 9.44. The number of hydrogen-bond acceptors (Lipinski definition) is 15. The van der Waals surface area contributed by atoms with Gasteiger partial charge in [-0.25, -0.2) is 38.6 Å². The van der Waals surface area contributed by atoms with Crippen molar-refractivity contribution in [3.63, 3.8) is 0 Å². The highest BCUT2D eigenvalue weighted by molar-refractivity contribution is 7.86. The zero-order valence-electron chi connectivity index (χ0n) is 37.2. The highest BCUT2D eigenvalue weighted by atomic mass is 32.2. The molecule has 16 nitrogen and oxygen atoms in total. The van der Waals surface area contributed by atoms with Gasteiger partial charge in [0.1, 0.15) is 49.9 Å². The summed E-state index contributed by atoms with van der Waals surface area (Å²) in [7, 11) is -12.6. The van der Waals surface area contributed by atoms with Crippen molar-refractivity contribution >= 4 is 48.1 Å². The predicted molar refractivity (Wildman–Crippen MR) is 232 cm³/mol. The molecule has 2 aliphatic heterocycles. The van der Waals surface area contributed by atoms with Crippen LogP contribution >= 0.6 is 0 Å². The number of ether oxygens (including phenoxy) is 3. The molecule has 366 valence electrons. The van der Waals surface area contributed by atoms with Crippen molar-refractivity contribution in [2.45, 2.75) is 74.0 Å². The van der Waals surface area contributed by atoms with Gasteiger partial charge in [0.15, 0.2) is 24.7 Å². The Balaban J connectivity index is 1.60. The van der Waals surface area contributed by atoms with Crippen molar-refractivity contribution < 1.29 is 79.9 Å². The minimum Gasteiger partial charge on any atom is -0.748 e. The summed E-state index contributed by atoms with van der Waals surface area (Å²) in [5, 5.41) is 0.842. The second kappa shape index (κ2) is 20.7. The number of methoxy groups -OCH3 is 2. The lowest BCUT2D eigenvalue weighted by Gasteiger charge is -2.30. The smallest absolute Gasteiger partial charge is 0.311 e. The number of carbonyl (C=O) groups excluding carboxylic acids is 1. The first kappa shape index (κ1) is 53.0. The Bertz CT molecular complexity index is 2950. The maximum absolute atomic E-state index is 14.7. The Morgan fingerprint density at radius 1 is 0.851 bits per heavy atom. The van der Waals surface area contributed by atoms with Crippen LogP contribution < -0.4 is 19.6 Å². The molecule has 0 spiro atoms. The first-order chi connectivity index (χ1) is 31.1. The Morgan fingerprint density at radius 2 is 1.48 bits per heavy atom. The normalized spacial score (nSPS) is 16.4. The van der Waals surface area contributed by atoms with E-state index >= 15 is 0 Å². The molecule has 0 bridgehead atoms. The van der Waals surface area contributed by atoms with Crippen molar-refractivity contribution in [2.75, 3.05) is 57.7 Å². The highest BCUT2D eigenvalue weighted by Gasteiger charge is 2.43. The van der Waals surface area contributed by atoms with Crippen molar-refractivity contribution in [1.82, 2.24) is 4.58 Å². The van der Waals surface area contributed by atoms with E-state index in [0.717, 1.165) is 28.6 Å². The summed E-state index contributed by atoms with van der Waals surface area (Å²) in [5.74, 6) is -13.4. The lowest BCUT2D eigenvalue weighted by atomic mass is 9.77. The van der Waals surface area contributed by atoms with E-state index in [1.54, 1.807) is 44.3 Å². The van der Waals surface area contributed by atoms with Crippen LogP contribution in [0.3, 0.4) is 0 Å². The standard InChI is InChI=1S/C44H50F4N2O14S3/c1-43(2,3)31-25-28(63-34-24-27(13-15-30(31)34)49(19-21-61-5)20-22-62-6)10-7-11-35-44(4,32-26-29(66(55,56)57)14-16-33(32)50(35)18-9-23-65(52,53)54)17-8-12-36(51)64-41-37(45)39(47)42(67(58,59)60)40(48)38(41)46/h7,10-11,13-16,24-26H,8-9,12,17-23H2,1-6H3,(H2-,52,53,54,55,56,57,58,59,60)/p-2. The molecule has 1 aliphatic carbocycles. The van der Waals surface area contributed by atoms with Crippen LogP contribution in [0.15, 0.2) is 74.5 Å². The van der Waals surface area contributed by atoms with Crippen LogP contribution in [0, 0.1) is 23.3 Å². The van der Waals surface area contributed by atoms with E-state index in [-0.39, 0.29) is 36.8 Å². The zero-order valence-corrected chi connectivity index (χ0v) is 39.6. The molecule has 1 atom stereocenters. The number of allylic oxidation sites excluding steroid dienone is 3. The Hall–Kier alpha value is -5.01. The first-order valence-electron chi connectivity index (χ1n) is 20.5. The van der Waals surface area contributed by atoms with Gasteiger partial charge in [-0.2, -0.15) is 8.78 Å². The minimum absolute atomic E-state index is 0.125. The van der Waals surface area contributed by atoms with Crippen molar-refractivity contribution in [2.24, 2.45) is 0 Å². The van der Waals surface area contributed by atoms with Gasteiger partial charge in [0.25, 0.3) is 0 Å². The molecule has 23 heteroatoms. The Kier molecular flexibility index (Phi) is 16.4. The molecule has 0 saturated carbocycles. The number of esters is 1. The molecule has 0 amide bonds. The SMILES string of the molecule is COCC[N+](CCOC)=c1ccc2c(C(C)(C)C)cc(/C=C/C=C3/N(CCCS(=O)(=O)[O-])c4ccc(S(=O)(=O)[O-])cc4C3(C)CCCC(=O)Oc3c(F)c(F)c(S(=O)(=O)[O-])c(F)c3F)oc-2c1. The molecule has 2 heterocycles. The van der Waals surface area contributed by atoms with Gasteiger partial charge in [-0.3, -0.25) is 4.79 Å². The molecule has 0 saturated heterocycles. The molecule has 5 rings (SSSR count). The maximum atomic E-state index is 14.7. The summed E-state index contributed by atoms with van der Waals surface area (Å²) in [4.78, 5) is 11.5. The van der Waals surface area contributed by atoms with Crippen molar-refractivity contribution in [1.29, 1.82) is 0 Å². The van der Waals surface area contributed by atoms with E-state index in [0.29, 0.717) is 49.2 Å². The monoisotopic (exact) mass is 1000 g/mol. The summed E-state index contributed by atoms with van der Waals surface area (Å²) in [6, 6.07) is 11.2. The van der Waals surface area contributed by atoms with Crippen LogP contribution in [0.1, 0.15) is 70.3 Å². The molecule has 2 aromatic carbocycles. The number of carbonyl (C=O) groups is 1. The third kappa shape index (κ3) is 12.4. The lowest BCUT2D eigenvalue weighted by Crippen LogP contribution is -2.35. The van der Waals surface area contributed by atoms with E-state index in [1.165, 1.54) is 6.07 Å². The van der Waals surface area contributed by atoms with Crippen molar-refractivity contribution in [3.05, 3.63) is 106 Å². The number of fused-ring (bicyclic) bond motifs is 2. The van der Waals surface area contributed by atoms with Gasteiger partial charge < -0.3 is 37.2 Å². The number of anilines is 1. The van der Waals surface area contributed by atoms with E-state index in [2.05, 4.69) is 9.31 Å². The van der Waals surface area contributed by atoms with Crippen LogP contribution in [-0.2, 0) is 55.5 Å². The average molecular weight is 1000 g/mol. The van der Waals surface area contributed by atoms with Gasteiger partial charge in [-0.15, -0.1) is 0 Å². The number of benzene rings is 3. The van der Waals surface area contributed by atoms with Crippen LogP contribution in [0.4, 0.5) is 23.2 Å². The zero-order chi connectivity index (χ0) is 49.9. The van der Waals surface area contributed by atoms with Gasteiger partial charge in [0.05, 0.1) is 21.1 Å². The number of nitrogens with zero attached hydrogens (tertiary/aromatic N) is 2. The summed E-state index contributed by atoms with van der Waals surface area (Å²) in [5.41, 5.74) is 0.888. The molecule has 0 N–H and O–H groups in total. The van der Waals surface area contributed by atoms with Crippen LogP contribution in [0.2, 0.25) is 0 Å². The highest BCUT2D eigenvalue weighted by Crippen LogP contribution is 2.51. The lowest BCUT2D eigenvalue weighted by molar-refractivity contribution is -0.135. The van der Waals surface area contributed by atoms with Gasteiger partial charge in [-0.1, -0.05) is 26.8 Å².